The molecule has 2 rings (SSSR count). The van der Waals surface area contributed by atoms with Crippen LogP contribution >= 0.6 is 0 Å². The van der Waals surface area contributed by atoms with E-state index in [0.29, 0.717) is 18.8 Å². The Morgan fingerprint density at radius 1 is 1.32 bits per heavy atom. The summed E-state index contributed by atoms with van der Waals surface area (Å²) in [6, 6.07) is 7.42. The van der Waals surface area contributed by atoms with Gasteiger partial charge in [-0.15, -0.1) is 0 Å². The van der Waals surface area contributed by atoms with E-state index in [1.54, 1.807) is 11.8 Å². The van der Waals surface area contributed by atoms with Gasteiger partial charge in [0, 0.05) is 26.1 Å². The standard InChI is InChI=1S/C19H29N3O3/c1-14-18(24)22(15-8-6-7-9-16(15)25-14)11-10-17(23)20-12-19(2,3)13-21(4)5/h6-9,14H,10-13H2,1-5H3,(H,20,23). The fraction of sp³-hybridized carbons (Fsp3) is 0.579. The van der Waals surface area contributed by atoms with Crippen molar-refractivity contribution in [2.45, 2.75) is 33.3 Å². The molecule has 0 aromatic heterocycles. The Morgan fingerprint density at radius 3 is 2.68 bits per heavy atom. The van der Waals surface area contributed by atoms with Crippen LogP contribution < -0.4 is 15.0 Å². The molecule has 6 nitrogen and oxygen atoms in total. The molecule has 0 aliphatic carbocycles. The van der Waals surface area contributed by atoms with Crippen molar-refractivity contribution in [3.8, 4) is 5.75 Å². The monoisotopic (exact) mass is 347 g/mol. The second-order valence-corrected chi connectivity index (χ2v) is 7.65. The maximum absolute atomic E-state index is 12.4. The molecular weight excluding hydrogens is 318 g/mol. The number of amides is 2. The van der Waals surface area contributed by atoms with Gasteiger partial charge in [-0.25, -0.2) is 0 Å². The third kappa shape index (κ3) is 5.19. The Labute approximate surface area is 150 Å². The Hall–Kier alpha value is -2.08. The molecule has 1 heterocycles. The summed E-state index contributed by atoms with van der Waals surface area (Å²) in [7, 11) is 4.04. The minimum atomic E-state index is -0.531. The minimum Gasteiger partial charge on any atom is -0.479 e. The second kappa shape index (κ2) is 7.87. The van der Waals surface area contributed by atoms with Crippen LogP contribution in [0.15, 0.2) is 24.3 Å². The fourth-order valence-electron chi connectivity index (χ4n) is 3.14. The zero-order valence-electron chi connectivity index (χ0n) is 15.8. The SMILES string of the molecule is CC1Oc2ccccc2N(CCC(=O)NCC(C)(C)CN(C)C)C1=O. The van der Waals surface area contributed by atoms with Crippen LogP contribution in [0.1, 0.15) is 27.2 Å². The van der Waals surface area contributed by atoms with Crippen LogP contribution in [-0.2, 0) is 9.59 Å². The molecule has 0 spiro atoms. The van der Waals surface area contributed by atoms with Gasteiger partial charge in [0.1, 0.15) is 5.75 Å². The van der Waals surface area contributed by atoms with Crippen molar-refractivity contribution in [3.05, 3.63) is 24.3 Å². The lowest BCUT2D eigenvalue weighted by Gasteiger charge is -2.33. The molecule has 6 heteroatoms. The quantitative estimate of drug-likeness (QED) is 0.818. The number of nitrogens with zero attached hydrogens (tertiary/aromatic N) is 2. The lowest BCUT2D eigenvalue weighted by atomic mass is 9.93. The Kier molecular flexibility index (Phi) is 6.06. The third-order valence-electron chi connectivity index (χ3n) is 4.14. The zero-order chi connectivity index (χ0) is 18.6. The average Bonchev–Trinajstić information content (AvgIpc) is 2.52. The molecule has 0 saturated heterocycles. The normalized spacial score (nSPS) is 17.3. The number of para-hydroxylation sites is 2. The van der Waals surface area contributed by atoms with Crippen molar-refractivity contribution in [1.29, 1.82) is 0 Å². The summed E-state index contributed by atoms with van der Waals surface area (Å²) in [5.41, 5.74) is 0.723. The predicted molar refractivity (Wildman–Crippen MR) is 98.8 cm³/mol. The molecule has 0 radical (unpaired) electrons. The molecule has 0 saturated carbocycles. The summed E-state index contributed by atoms with van der Waals surface area (Å²) >= 11 is 0. The van der Waals surface area contributed by atoms with E-state index in [9.17, 15) is 9.59 Å². The van der Waals surface area contributed by atoms with Crippen molar-refractivity contribution < 1.29 is 14.3 Å². The number of rotatable bonds is 7. The third-order valence-corrected chi connectivity index (χ3v) is 4.14. The number of anilines is 1. The van der Waals surface area contributed by atoms with E-state index in [0.717, 1.165) is 12.2 Å². The molecule has 1 aromatic carbocycles. The largest absolute Gasteiger partial charge is 0.479 e. The molecular formula is C19H29N3O3. The molecule has 1 aromatic rings. The summed E-state index contributed by atoms with van der Waals surface area (Å²) in [6.07, 6.45) is -0.262. The van der Waals surface area contributed by atoms with Crippen LogP contribution in [-0.4, -0.2) is 56.5 Å². The highest BCUT2D eigenvalue weighted by Gasteiger charge is 2.31. The molecule has 1 unspecified atom stereocenters. The second-order valence-electron chi connectivity index (χ2n) is 7.65. The van der Waals surface area contributed by atoms with E-state index in [1.165, 1.54) is 0 Å². The van der Waals surface area contributed by atoms with Gasteiger partial charge in [-0.3, -0.25) is 9.59 Å². The molecule has 1 N–H and O–H groups in total. The highest BCUT2D eigenvalue weighted by Crippen LogP contribution is 2.33. The molecule has 2 amide bonds. The van der Waals surface area contributed by atoms with E-state index >= 15 is 0 Å². The van der Waals surface area contributed by atoms with Gasteiger partial charge < -0.3 is 19.9 Å². The highest BCUT2D eigenvalue weighted by molar-refractivity contribution is 6.00. The van der Waals surface area contributed by atoms with Crippen LogP contribution in [0.2, 0.25) is 0 Å². The molecule has 138 valence electrons. The molecule has 1 aliphatic rings. The fourth-order valence-corrected chi connectivity index (χ4v) is 3.14. The lowest BCUT2D eigenvalue weighted by molar-refractivity contribution is -0.125. The van der Waals surface area contributed by atoms with Crippen LogP contribution in [0.4, 0.5) is 5.69 Å². The smallest absolute Gasteiger partial charge is 0.267 e. The van der Waals surface area contributed by atoms with E-state index in [-0.39, 0.29) is 23.7 Å². The van der Waals surface area contributed by atoms with Crippen molar-refractivity contribution in [3.63, 3.8) is 0 Å². The number of carbonyl (C=O) groups is 2. The van der Waals surface area contributed by atoms with Crippen molar-refractivity contribution >= 4 is 17.5 Å². The Bertz CT molecular complexity index is 628. The number of ether oxygens (including phenoxy) is 1. The molecule has 1 atom stereocenters. The summed E-state index contributed by atoms with van der Waals surface area (Å²) in [6.45, 7) is 7.82. The maximum atomic E-state index is 12.4. The van der Waals surface area contributed by atoms with Gasteiger partial charge >= 0.3 is 0 Å². The van der Waals surface area contributed by atoms with E-state index in [4.69, 9.17) is 4.74 Å². The molecule has 0 fully saturated rings. The number of fused-ring (bicyclic) bond motifs is 1. The maximum Gasteiger partial charge on any atom is 0.267 e. The van der Waals surface area contributed by atoms with Crippen LogP contribution in [0.5, 0.6) is 5.75 Å². The van der Waals surface area contributed by atoms with Gasteiger partial charge in [-0.2, -0.15) is 0 Å². The first kappa shape index (κ1) is 19.2. The van der Waals surface area contributed by atoms with E-state index in [1.807, 2.05) is 38.4 Å². The van der Waals surface area contributed by atoms with Crippen LogP contribution in [0, 0.1) is 5.41 Å². The van der Waals surface area contributed by atoms with Gasteiger partial charge in [0.15, 0.2) is 6.10 Å². The summed E-state index contributed by atoms with van der Waals surface area (Å²) in [5, 5.41) is 2.98. The number of benzene rings is 1. The van der Waals surface area contributed by atoms with Gasteiger partial charge in [-0.05, 0) is 38.6 Å². The first-order valence-corrected chi connectivity index (χ1v) is 8.68. The molecule has 1 aliphatic heterocycles. The van der Waals surface area contributed by atoms with Gasteiger partial charge in [-0.1, -0.05) is 26.0 Å². The van der Waals surface area contributed by atoms with E-state index in [2.05, 4.69) is 24.1 Å². The topological polar surface area (TPSA) is 61.9 Å². The lowest BCUT2D eigenvalue weighted by Crippen LogP contribution is -2.46. The van der Waals surface area contributed by atoms with Crippen molar-refractivity contribution in [1.82, 2.24) is 10.2 Å². The van der Waals surface area contributed by atoms with Gasteiger partial charge in [0.25, 0.3) is 5.91 Å². The number of nitrogens with one attached hydrogen (secondary N) is 1. The summed E-state index contributed by atoms with van der Waals surface area (Å²) in [4.78, 5) is 28.4. The number of carbonyl (C=O) groups excluding carboxylic acids is 2. The molecule has 0 bridgehead atoms. The summed E-state index contributed by atoms with van der Waals surface area (Å²) < 4.78 is 5.61. The highest BCUT2D eigenvalue weighted by atomic mass is 16.5. The Balaban J connectivity index is 1.92. The van der Waals surface area contributed by atoms with Crippen molar-refractivity contribution in [2.75, 3.05) is 38.6 Å². The van der Waals surface area contributed by atoms with E-state index < -0.39 is 6.10 Å². The number of hydrogen-bond acceptors (Lipinski definition) is 4. The van der Waals surface area contributed by atoms with Crippen molar-refractivity contribution in [2.24, 2.45) is 5.41 Å². The summed E-state index contributed by atoms with van der Waals surface area (Å²) in [5.74, 6) is 0.526. The first-order chi connectivity index (χ1) is 11.7. The predicted octanol–water partition coefficient (Wildman–Crippen LogP) is 1.89. The Morgan fingerprint density at radius 2 is 2.00 bits per heavy atom. The zero-order valence-corrected chi connectivity index (χ0v) is 15.8. The van der Waals surface area contributed by atoms with Gasteiger partial charge in [0.05, 0.1) is 5.69 Å². The minimum absolute atomic E-state index is 0.00490. The van der Waals surface area contributed by atoms with Gasteiger partial charge in [0.2, 0.25) is 5.91 Å². The van der Waals surface area contributed by atoms with Crippen LogP contribution in [0.3, 0.4) is 0 Å². The average molecular weight is 347 g/mol. The first-order valence-electron chi connectivity index (χ1n) is 8.68. The van der Waals surface area contributed by atoms with Crippen LogP contribution in [0.25, 0.3) is 0 Å². The number of hydrogen-bond donors (Lipinski definition) is 1. The molecule has 25 heavy (non-hydrogen) atoms.